The van der Waals surface area contributed by atoms with Crippen LogP contribution in [0.15, 0.2) is 24.5 Å². The molecule has 9 heteroatoms. The van der Waals surface area contributed by atoms with E-state index in [9.17, 15) is 27.1 Å². The zero-order valence-electron chi connectivity index (χ0n) is 12.4. The first-order valence-electron chi connectivity index (χ1n) is 7.03. The molecule has 1 aliphatic carbocycles. The fraction of sp³-hybridized carbons (Fsp3) is 0.400. The zero-order valence-corrected chi connectivity index (χ0v) is 12.4. The minimum Gasteiger partial charge on any atom is -0.481 e. The van der Waals surface area contributed by atoms with Crippen LogP contribution in [0.4, 0.5) is 22.0 Å². The molecular weight excluding hydrogens is 335 g/mol. The summed E-state index contributed by atoms with van der Waals surface area (Å²) < 4.78 is 73.3. The van der Waals surface area contributed by atoms with Crippen molar-refractivity contribution in [3.63, 3.8) is 0 Å². The molecule has 0 spiro atoms. The highest BCUT2D eigenvalue weighted by Gasteiger charge is 2.50. The zero-order chi connectivity index (χ0) is 17.7. The van der Waals surface area contributed by atoms with E-state index in [0.717, 1.165) is 10.8 Å². The van der Waals surface area contributed by atoms with Crippen LogP contribution in [-0.2, 0) is 12.6 Å². The molecule has 1 aliphatic rings. The van der Waals surface area contributed by atoms with Gasteiger partial charge in [-0.3, -0.25) is 0 Å². The molecule has 0 aliphatic heterocycles. The number of pyridine rings is 1. The topological polar surface area (TPSA) is 47.3 Å². The number of rotatable bonds is 2. The molecule has 2 aromatic heterocycles. The first kappa shape index (κ1) is 16.7. The molecule has 0 radical (unpaired) electrons. The Kier molecular flexibility index (Phi) is 3.78. The number of nitrogens with zero attached hydrogens (tertiary/aromatic N) is 2. The summed E-state index contributed by atoms with van der Waals surface area (Å²) in [5.74, 6) is -3.43. The Hall–Kier alpha value is -2.16. The number of halogens is 5. The number of alkyl halides is 5. The second kappa shape index (κ2) is 5.44. The maximum Gasteiger partial charge on any atom is 0.418 e. The number of ether oxygens (including phenoxy) is 1. The van der Waals surface area contributed by atoms with Gasteiger partial charge in [0, 0.05) is 36.1 Å². The van der Waals surface area contributed by atoms with E-state index in [1.165, 1.54) is 25.4 Å². The van der Waals surface area contributed by atoms with E-state index in [0.29, 0.717) is 0 Å². The van der Waals surface area contributed by atoms with Crippen molar-refractivity contribution in [3.05, 3.63) is 41.3 Å². The van der Waals surface area contributed by atoms with Gasteiger partial charge in [-0.05, 0) is 12.5 Å². The smallest absolute Gasteiger partial charge is 0.418 e. The predicted molar refractivity (Wildman–Crippen MR) is 73.3 cm³/mol. The van der Waals surface area contributed by atoms with Crippen LogP contribution in [0.25, 0.3) is 5.69 Å². The van der Waals surface area contributed by atoms with Crippen molar-refractivity contribution >= 4 is 0 Å². The molecule has 1 N–H and O–H groups in total. The van der Waals surface area contributed by atoms with E-state index < -0.39 is 35.8 Å². The number of fused-ring (bicyclic) bond motifs is 1. The third-order valence-electron chi connectivity index (χ3n) is 4.03. The third kappa shape index (κ3) is 2.62. The lowest BCUT2D eigenvalue weighted by atomic mass is 9.89. The van der Waals surface area contributed by atoms with E-state index in [4.69, 9.17) is 4.74 Å². The van der Waals surface area contributed by atoms with Crippen molar-refractivity contribution in [1.29, 1.82) is 0 Å². The summed E-state index contributed by atoms with van der Waals surface area (Å²) in [6.45, 7) is 0. The van der Waals surface area contributed by atoms with Gasteiger partial charge in [0.25, 0.3) is 5.92 Å². The molecule has 2 heterocycles. The molecule has 4 nitrogen and oxygen atoms in total. The molecule has 0 amide bonds. The fourth-order valence-electron chi connectivity index (χ4n) is 2.87. The van der Waals surface area contributed by atoms with E-state index in [-0.39, 0.29) is 23.7 Å². The van der Waals surface area contributed by atoms with Gasteiger partial charge in [-0.1, -0.05) is 0 Å². The number of hydrogen-bond donors (Lipinski definition) is 1. The summed E-state index contributed by atoms with van der Waals surface area (Å²) in [4.78, 5) is 3.86. The molecule has 130 valence electrons. The lowest BCUT2D eigenvalue weighted by Gasteiger charge is -2.29. The summed E-state index contributed by atoms with van der Waals surface area (Å²) in [5, 5.41) is 9.79. The van der Waals surface area contributed by atoms with Gasteiger partial charge in [0.2, 0.25) is 5.88 Å². The average Bonchev–Trinajstić information content (AvgIpc) is 2.91. The number of aromatic nitrogens is 2. The van der Waals surface area contributed by atoms with Crippen molar-refractivity contribution in [2.75, 3.05) is 7.11 Å². The van der Waals surface area contributed by atoms with Crippen molar-refractivity contribution in [1.82, 2.24) is 9.55 Å². The highest BCUT2D eigenvalue weighted by atomic mass is 19.4. The molecule has 0 saturated heterocycles. The van der Waals surface area contributed by atoms with Crippen LogP contribution in [0.1, 0.15) is 29.3 Å². The maximum atomic E-state index is 13.7. The summed E-state index contributed by atoms with van der Waals surface area (Å²) in [7, 11) is 1.35. The van der Waals surface area contributed by atoms with Crippen LogP contribution in [0.5, 0.6) is 5.88 Å². The van der Waals surface area contributed by atoms with Crippen LogP contribution >= 0.6 is 0 Å². The minimum absolute atomic E-state index is 0.00834. The molecule has 2 aromatic rings. The van der Waals surface area contributed by atoms with Gasteiger partial charge in [0.05, 0.1) is 18.4 Å². The average molecular weight is 348 g/mol. The minimum atomic E-state index is -4.86. The van der Waals surface area contributed by atoms with Crippen LogP contribution < -0.4 is 4.74 Å². The summed E-state index contributed by atoms with van der Waals surface area (Å²) in [5.41, 5.74) is -1.74. The van der Waals surface area contributed by atoms with Gasteiger partial charge >= 0.3 is 6.18 Å². The standard InChI is InChI=1S/C15H13F5N2O2/c1-24-11-6-8(3-5-21-11)22-7-9(15(18,19)20)12-10(22)2-4-14(16,17)13(12)23/h3,5-7,13,23H,2,4H2,1H3. The molecule has 0 fully saturated rings. The van der Waals surface area contributed by atoms with Gasteiger partial charge < -0.3 is 14.4 Å². The fourth-order valence-corrected chi connectivity index (χ4v) is 2.87. The number of hydrogen-bond acceptors (Lipinski definition) is 3. The quantitative estimate of drug-likeness (QED) is 0.845. The van der Waals surface area contributed by atoms with Gasteiger partial charge in [0.1, 0.15) is 6.10 Å². The van der Waals surface area contributed by atoms with Crippen molar-refractivity contribution in [3.8, 4) is 11.6 Å². The molecule has 1 atom stereocenters. The molecular formula is C15H13F5N2O2. The van der Waals surface area contributed by atoms with E-state index in [2.05, 4.69) is 4.98 Å². The second-order valence-electron chi connectivity index (χ2n) is 5.49. The van der Waals surface area contributed by atoms with Gasteiger partial charge in [0.15, 0.2) is 0 Å². The first-order valence-corrected chi connectivity index (χ1v) is 7.03. The summed E-state index contributed by atoms with van der Waals surface area (Å²) in [6.07, 6.45) is -6.32. The number of aliphatic hydroxyl groups is 1. The Balaban J connectivity index is 2.23. The number of aliphatic hydroxyl groups excluding tert-OH is 1. The first-order chi connectivity index (χ1) is 11.1. The second-order valence-corrected chi connectivity index (χ2v) is 5.49. The van der Waals surface area contributed by atoms with Crippen LogP contribution in [0.3, 0.4) is 0 Å². The van der Waals surface area contributed by atoms with E-state index in [1.54, 1.807) is 0 Å². The molecule has 3 rings (SSSR count). The molecule has 1 unspecified atom stereocenters. The van der Waals surface area contributed by atoms with Gasteiger partial charge in [-0.2, -0.15) is 13.2 Å². The third-order valence-corrected chi connectivity index (χ3v) is 4.03. The Morgan fingerprint density at radius 2 is 2.08 bits per heavy atom. The Labute approximate surface area is 133 Å². The SMILES string of the molecule is COc1cc(-n2cc(C(F)(F)F)c3c2CCC(F)(F)C3O)ccn1. The van der Waals surface area contributed by atoms with E-state index >= 15 is 0 Å². The van der Waals surface area contributed by atoms with Crippen LogP contribution in [0, 0.1) is 0 Å². The van der Waals surface area contributed by atoms with Gasteiger partial charge in [-0.25, -0.2) is 13.8 Å². The lowest BCUT2D eigenvalue weighted by Crippen LogP contribution is -2.33. The van der Waals surface area contributed by atoms with Crippen molar-refractivity contribution < 1.29 is 31.8 Å². The van der Waals surface area contributed by atoms with Crippen molar-refractivity contribution in [2.24, 2.45) is 0 Å². The summed E-state index contributed by atoms with van der Waals surface area (Å²) >= 11 is 0. The Morgan fingerprint density at radius 1 is 1.38 bits per heavy atom. The number of methoxy groups -OCH3 is 1. The molecule has 0 aromatic carbocycles. The largest absolute Gasteiger partial charge is 0.481 e. The van der Waals surface area contributed by atoms with Crippen LogP contribution in [0.2, 0.25) is 0 Å². The Morgan fingerprint density at radius 3 is 2.71 bits per heavy atom. The van der Waals surface area contributed by atoms with Crippen molar-refractivity contribution in [2.45, 2.75) is 31.0 Å². The van der Waals surface area contributed by atoms with Crippen LogP contribution in [-0.4, -0.2) is 27.7 Å². The predicted octanol–water partition coefficient (Wildman–Crippen LogP) is 3.51. The molecule has 0 saturated carbocycles. The van der Waals surface area contributed by atoms with Gasteiger partial charge in [-0.15, -0.1) is 0 Å². The maximum absolute atomic E-state index is 13.7. The monoisotopic (exact) mass is 348 g/mol. The summed E-state index contributed by atoms with van der Waals surface area (Å²) in [6, 6.07) is 2.82. The Bertz CT molecular complexity index is 770. The van der Waals surface area contributed by atoms with E-state index in [1.807, 2.05) is 0 Å². The highest BCUT2D eigenvalue weighted by Crippen LogP contribution is 2.48. The lowest BCUT2D eigenvalue weighted by molar-refractivity contribution is -0.147. The normalized spacial score (nSPS) is 19.9. The molecule has 24 heavy (non-hydrogen) atoms. The highest BCUT2D eigenvalue weighted by molar-refractivity contribution is 5.47. The molecule has 0 bridgehead atoms.